The lowest BCUT2D eigenvalue weighted by atomic mass is 9.79. The van der Waals surface area contributed by atoms with E-state index >= 15 is 0 Å². The molecule has 6 heteroatoms. The average molecular weight is 545 g/mol. The second kappa shape index (κ2) is 8.52. The SMILES string of the molecule is FC(F)(Cc1cc2ccc3c(c2s1)-c1ccc2cc(CC(F)(F)c4ccccc4)sc2c1-3)c1ccccc1. The van der Waals surface area contributed by atoms with Gasteiger partial charge in [0.15, 0.2) is 0 Å². The molecular formula is C32H20F4S2. The second-order valence-corrected chi connectivity index (χ2v) is 12.0. The van der Waals surface area contributed by atoms with Crippen LogP contribution >= 0.6 is 22.7 Å². The number of hydrogen-bond acceptors (Lipinski definition) is 2. The van der Waals surface area contributed by atoms with Crippen molar-refractivity contribution >= 4 is 42.8 Å². The van der Waals surface area contributed by atoms with Crippen molar-refractivity contribution in [3.8, 4) is 22.3 Å². The maximum atomic E-state index is 15.0. The highest BCUT2D eigenvalue weighted by atomic mass is 32.1. The quantitative estimate of drug-likeness (QED) is 0.183. The zero-order valence-electron chi connectivity index (χ0n) is 20.0. The average Bonchev–Trinajstić information content (AvgIpc) is 3.48. The summed E-state index contributed by atoms with van der Waals surface area (Å²) < 4.78 is 61.8. The molecule has 2 aromatic heterocycles. The normalized spacial score (nSPS) is 12.9. The number of thiophene rings is 2. The number of benzene rings is 4. The van der Waals surface area contributed by atoms with Crippen LogP contribution in [0.1, 0.15) is 20.9 Å². The van der Waals surface area contributed by atoms with Crippen LogP contribution < -0.4 is 0 Å². The van der Waals surface area contributed by atoms with Crippen molar-refractivity contribution in [2.24, 2.45) is 0 Å². The Morgan fingerprint density at radius 2 is 0.895 bits per heavy atom. The molecule has 0 atom stereocenters. The first-order valence-corrected chi connectivity index (χ1v) is 13.9. The zero-order chi connectivity index (χ0) is 26.1. The summed E-state index contributed by atoms with van der Waals surface area (Å²) in [5, 5.41) is 1.90. The summed E-state index contributed by atoms with van der Waals surface area (Å²) in [6.45, 7) is 0. The van der Waals surface area contributed by atoms with E-state index in [0.717, 1.165) is 42.4 Å². The molecule has 0 saturated carbocycles. The molecule has 0 saturated heterocycles. The summed E-state index contributed by atoms with van der Waals surface area (Å²) >= 11 is 2.83. The second-order valence-electron chi connectivity index (χ2n) is 9.73. The van der Waals surface area contributed by atoms with Crippen LogP contribution in [0.15, 0.2) is 97.1 Å². The molecule has 2 heterocycles. The summed E-state index contributed by atoms with van der Waals surface area (Å²) in [4.78, 5) is 1.27. The van der Waals surface area contributed by atoms with Gasteiger partial charge in [0.2, 0.25) is 0 Å². The number of alkyl halides is 4. The van der Waals surface area contributed by atoms with Gasteiger partial charge in [-0.2, -0.15) is 0 Å². The number of hydrogen-bond donors (Lipinski definition) is 0. The third kappa shape index (κ3) is 3.77. The minimum atomic E-state index is -2.95. The van der Waals surface area contributed by atoms with E-state index < -0.39 is 11.8 Å². The Hall–Kier alpha value is -3.48. The molecule has 7 rings (SSSR count). The molecule has 0 bridgehead atoms. The first kappa shape index (κ1) is 23.6. The Morgan fingerprint density at radius 3 is 1.29 bits per heavy atom. The van der Waals surface area contributed by atoms with Gasteiger partial charge < -0.3 is 0 Å². The molecule has 6 aromatic rings. The Kier molecular flexibility index (Phi) is 5.29. The lowest BCUT2D eigenvalue weighted by Gasteiger charge is -2.25. The van der Waals surface area contributed by atoms with E-state index in [2.05, 4.69) is 0 Å². The lowest BCUT2D eigenvalue weighted by Crippen LogP contribution is -2.15. The minimum Gasteiger partial charge on any atom is -0.201 e. The fourth-order valence-corrected chi connectivity index (χ4v) is 7.92. The van der Waals surface area contributed by atoms with Crippen LogP contribution in [0.3, 0.4) is 0 Å². The van der Waals surface area contributed by atoms with Gasteiger partial charge in [0, 0.05) is 41.4 Å². The monoisotopic (exact) mass is 544 g/mol. The molecule has 0 fully saturated rings. The maximum Gasteiger partial charge on any atom is 0.278 e. The van der Waals surface area contributed by atoms with Gasteiger partial charge in [0.05, 0.1) is 12.8 Å². The van der Waals surface area contributed by atoms with Gasteiger partial charge in [-0.25, -0.2) is 17.6 Å². The van der Waals surface area contributed by atoms with Crippen molar-refractivity contribution in [1.82, 2.24) is 0 Å². The summed E-state index contributed by atoms with van der Waals surface area (Å²) in [7, 11) is 0. The Bertz CT molecular complexity index is 1670. The van der Waals surface area contributed by atoms with E-state index in [4.69, 9.17) is 0 Å². The van der Waals surface area contributed by atoms with Crippen molar-refractivity contribution in [3.05, 3.63) is 118 Å². The molecule has 1 aliphatic rings. The van der Waals surface area contributed by atoms with Crippen LogP contribution in [0.2, 0.25) is 0 Å². The molecule has 0 unspecified atom stereocenters. The van der Waals surface area contributed by atoms with Crippen molar-refractivity contribution in [2.75, 3.05) is 0 Å². The largest absolute Gasteiger partial charge is 0.278 e. The molecule has 1 aliphatic carbocycles. The van der Waals surface area contributed by atoms with Gasteiger partial charge in [-0.15, -0.1) is 22.7 Å². The summed E-state index contributed by atoms with van der Waals surface area (Å²) in [5.41, 5.74) is 4.30. The minimum absolute atomic E-state index is 0.0181. The molecule has 188 valence electrons. The standard InChI is InChI=1S/C32H20F4S2/c33-31(34,21-7-3-1-4-8-21)17-23-15-19-11-13-25-27(29(19)37-23)26-14-12-20-16-24(38-30(20)28(25)26)18-32(35,36)22-9-5-2-6-10-22/h1-16H,17-18H2. The van der Waals surface area contributed by atoms with Crippen LogP contribution in [0.25, 0.3) is 42.4 Å². The van der Waals surface area contributed by atoms with E-state index in [1.807, 2.05) is 36.4 Å². The Balaban J connectivity index is 1.23. The third-order valence-electron chi connectivity index (χ3n) is 7.20. The lowest BCUT2D eigenvalue weighted by molar-refractivity contribution is -0.00360. The van der Waals surface area contributed by atoms with E-state index in [0.29, 0.717) is 9.75 Å². The summed E-state index contributed by atoms with van der Waals surface area (Å²) in [6.07, 6.45) is -0.693. The summed E-state index contributed by atoms with van der Waals surface area (Å²) in [6, 6.07) is 27.6. The van der Waals surface area contributed by atoms with Crippen LogP contribution in [-0.4, -0.2) is 0 Å². The van der Waals surface area contributed by atoms with E-state index in [-0.39, 0.29) is 24.0 Å². The van der Waals surface area contributed by atoms with Gasteiger partial charge in [0.1, 0.15) is 0 Å². The molecule has 4 aromatic carbocycles. The van der Waals surface area contributed by atoms with Gasteiger partial charge >= 0.3 is 0 Å². The Morgan fingerprint density at radius 1 is 0.500 bits per heavy atom. The van der Waals surface area contributed by atoms with Crippen molar-refractivity contribution in [2.45, 2.75) is 24.7 Å². The van der Waals surface area contributed by atoms with Crippen LogP contribution in [-0.2, 0) is 24.7 Å². The molecule has 0 spiro atoms. The number of fused-ring (bicyclic) bond motifs is 8. The molecule has 0 aliphatic heterocycles. The van der Waals surface area contributed by atoms with Crippen LogP contribution in [0.4, 0.5) is 17.6 Å². The van der Waals surface area contributed by atoms with E-state index in [1.165, 1.54) is 46.9 Å². The highest BCUT2D eigenvalue weighted by Gasteiger charge is 2.35. The number of rotatable bonds is 6. The third-order valence-corrected chi connectivity index (χ3v) is 9.54. The highest BCUT2D eigenvalue weighted by Crippen LogP contribution is 2.56. The smallest absolute Gasteiger partial charge is 0.201 e. The first-order chi connectivity index (χ1) is 18.3. The van der Waals surface area contributed by atoms with Crippen molar-refractivity contribution in [3.63, 3.8) is 0 Å². The van der Waals surface area contributed by atoms with Gasteiger partial charge in [-0.3, -0.25) is 0 Å². The predicted molar refractivity (Wildman–Crippen MR) is 150 cm³/mol. The van der Waals surface area contributed by atoms with Gasteiger partial charge in [-0.05, 0) is 34.0 Å². The van der Waals surface area contributed by atoms with Crippen LogP contribution in [0.5, 0.6) is 0 Å². The molecule has 0 amide bonds. The molecule has 0 N–H and O–H groups in total. The highest BCUT2D eigenvalue weighted by molar-refractivity contribution is 7.20. The van der Waals surface area contributed by atoms with Gasteiger partial charge in [-0.1, -0.05) is 84.9 Å². The first-order valence-electron chi connectivity index (χ1n) is 12.3. The molecule has 0 radical (unpaired) electrons. The maximum absolute atomic E-state index is 15.0. The van der Waals surface area contributed by atoms with E-state index in [1.54, 1.807) is 36.4 Å². The van der Waals surface area contributed by atoms with Gasteiger partial charge in [0.25, 0.3) is 11.8 Å². The topological polar surface area (TPSA) is 0 Å². The van der Waals surface area contributed by atoms with E-state index in [9.17, 15) is 17.6 Å². The van der Waals surface area contributed by atoms with Crippen molar-refractivity contribution < 1.29 is 17.6 Å². The predicted octanol–water partition coefficient (Wildman–Crippen LogP) is 10.4. The molecule has 38 heavy (non-hydrogen) atoms. The summed E-state index contributed by atoms with van der Waals surface area (Å²) in [5.74, 6) is -5.90. The molecule has 0 nitrogen and oxygen atoms in total. The van der Waals surface area contributed by atoms with Crippen LogP contribution in [0, 0.1) is 0 Å². The van der Waals surface area contributed by atoms with Crippen molar-refractivity contribution in [1.29, 1.82) is 0 Å². The Labute approximate surface area is 224 Å². The number of halogens is 4. The zero-order valence-corrected chi connectivity index (χ0v) is 21.6. The fourth-order valence-electron chi connectivity index (χ4n) is 5.38. The molecular weight excluding hydrogens is 524 g/mol. The fraction of sp³-hybridized carbons (Fsp3) is 0.125.